The lowest BCUT2D eigenvalue weighted by molar-refractivity contribution is -0.130. The Morgan fingerprint density at radius 1 is 1.29 bits per heavy atom. The summed E-state index contributed by atoms with van der Waals surface area (Å²) in [6, 6.07) is 8.35. The highest BCUT2D eigenvalue weighted by atomic mass is 16.2. The lowest BCUT2D eigenvalue weighted by Gasteiger charge is -2.26. The Hall–Kier alpha value is -1.35. The molecule has 0 spiro atoms. The molecule has 1 aromatic rings. The molecule has 0 saturated carbocycles. The van der Waals surface area contributed by atoms with E-state index in [9.17, 15) is 4.79 Å². The number of hydrogen-bond donors (Lipinski definition) is 1. The Morgan fingerprint density at radius 3 is 2.62 bits per heavy atom. The van der Waals surface area contributed by atoms with Crippen molar-refractivity contribution < 1.29 is 4.79 Å². The van der Waals surface area contributed by atoms with Gasteiger partial charge in [0.15, 0.2) is 0 Å². The summed E-state index contributed by atoms with van der Waals surface area (Å²) in [5.74, 6) is 0.881. The van der Waals surface area contributed by atoms with Crippen molar-refractivity contribution in [1.82, 2.24) is 10.2 Å². The van der Waals surface area contributed by atoms with Crippen LogP contribution in [0.5, 0.6) is 0 Å². The first-order chi connectivity index (χ1) is 10.0. The summed E-state index contributed by atoms with van der Waals surface area (Å²) in [4.78, 5) is 14.7. The van der Waals surface area contributed by atoms with Crippen molar-refractivity contribution in [3.8, 4) is 0 Å². The molecule has 1 N–H and O–H groups in total. The minimum absolute atomic E-state index is 0.0215. The fourth-order valence-electron chi connectivity index (χ4n) is 2.96. The summed E-state index contributed by atoms with van der Waals surface area (Å²) in [6.45, 7) is 9.51. The van der Waals surface area contributed by atoms with Gasteiger partial charge in [-0.3, -0.25) is 10.1 Å². The number of benzene rings is 1. The lowest BCUT2D eigenvalue weighted by Crippen LogP contribution is -2.32. The van der Waals surface area contributed by atoms with Crippen LogP contribution in [0.4, 0.5) is 0 Å². The molecule has 21 heavy (non-hydrogen) atoms. The molecular weight excluding hydrogens is 260 g/mol. The number of carbonyl (C=O) groups is 1. The fourth-order valence-corrected chi connectivity index (χ4v) is 2.96. The number of nitrogens with one attached hydrogen (secondary N) is 1. The number of rotatable bonds is 6. The van der Waals surface area contributed by atoms with Gasteiger partial charge in [-0.2, -0.15) is 0 Å². The summed E-state index contributed by atoms with van der Waals surface area (Å²) >= 11 is 0. The minimum atomic E-state index is -0.0215. The first-order valence-corrected chi connectivity index (χ1v) is 8.16. The number of aryl methyl sites for hydroxylation is 1. The Labute approximate surface area is 128 Å². The summed E-state index contributed by atoms with van der Waals surface area (Å²) in [6.07, 6.45) is 3.03. The Balaban J connectivity index is 2.23. The van der Waals surface area contributed by atoms with Gasteiger partial charge in [-0.05, 0) is 36.8 Å². The van der Waals surface area contributed by atoms with Crippen molar-refractivity contribution in [3.63, 3.8) is 0 Å². The van der Waals surface area contributed by atoms with Gasteiger partial charge in [-0.1, -0.05) is 51.5 Å². The second-order valence-corrected chi connectivity index (χ2v) is 6.48. The molecule has 0 radical (unpaired) electrons. The van der Waals surface area contributed by atoms with Gasteiger partial charge in [0.2, 0.25) is 5.91 Å². The van der Waals surface area contributed by atoms with Crippen molar-refractivity contribution >= 4 is 5.91 Å². The summed E-state index contributed by atoms with van der Waals surface area (Å²) in [5.41, 5.74) is 2.47. The van der Waals surface area contributed by atoms with Gasteiger partial charge in [0.05, 0.1) is 6.04 Å². The van der Waals surface area contributed by atoms with Crippen LogP contribution < -0.4 is 5.32 Å². The Morgan fingerprint density at radius 2 is 2.00 bits per heavy atom. The molecule has 2 rings (SSSR count). The highest BCUT2D eigenvalue weighted by Crippen LogP contribution is 2.29. The van der Waals surface area contributed by atoms with E-state index in [2.05, 4.69) is 57.3 Å². The molecule has 1 aromatic carbocycles. The predicted octanol–water partition coefficient (Wildman–Crippen LogP) is 3.64. The average Bonchev–Trinajstić information content (AvgIpc) is 2.74. The molecule has 0 aliphatic carbocycles. The monoisotopic (exact) mass is 288 g/mol. The van der Waals surface area contributed by atoms with Crippen LogP contribution in [0.25, 0.3) is 0 Å². The van der Waals surface area contributed by atoms with Crippen molar-refractivity contribution in [2.24, 2.45) is 5.92 Å². The number of amides is 1. The lowest BCUT2D eigenvalue weighted by atomic mass is 10.1. The average molecular weight is 288 g/mol. The Kier molecular flexibility index (Phi) is 5.40. The van der Waals surface area contributed by atoms with Crippen molar-refractivity contribution in [2.45, 2.75) is 59.2 Å². The molecule has 0 aromatic heterocycles. The number of hydrogen-bond acceptors (Lipinski definition) is 2. The second kappa shape index (κ2) is 7.08. The predicted molar refractivity (Wildman–Crippen MR) is 86.9 cm³/mol. The molecule has 116 valence electrons. The molecule has 1 saturated heterocycles. The van der Waals surface area contributed by atoms with E-state index in [1.54, 1.807) is 0 Å². The van der Waals surface area contributed by atoms with E-state index in [0.29, 0.717) is 5.92 Å². The largest absolute Gasteiger partial charge is 0.322 e. The van der Waals surface area contributed by atoms with Gasteiger partial charge in [0.25, 0.3) is 0 Å². The van der Waals surface area contributed by atoms with Crippen LogP contribution in [0.3, 0.4) is 0 Å². The van der Waals surface area contributed by atoms with E-state index in [1.165, 1.54) is 11.1 Å². The quantitative estimate of drug-likeness (QED) is 0.866. The molecule has 1 aliphatic rings. The molecular formula is C18H28N2O. The van der Waals surface area contributed by atoms with Crippen molar-refractivity contribution in [3.05, 3.63) is 35.4 Å². The van der Waals surface area contributed by atoms with Gasteiger partial charge in [0, 0.05) is 6.54 Å². The summed E-state index contributed by atoms with van der Waals surface area (Å²) in [5, 5.41) is 3.55. The zero-order valence-corrected chi connectivity index (χ0v) is 13.7. The van der Waals surface area contributed by atoms with Gasteiger partial charge in [0.1, 0.15) is 6.17 Å². The molecule has 2 atom stereocenters. The first-order valence-electron chi connectivity index (χ1n) is 8.16. The highest BCUT2D eigenvalue weighted by molar-refractivity contribution is 5.84. The molecule has 0 bridgehead atoms. The molecule has 3 nitrogen and oxygen atoms in total. The SMILES string of the molecule is CCCC1NC(c2ccccc2C)N(CCC(C)C)C1=O. The second-order valence-electron chi connectivity index (χ2n) is 6.48. The maximum atomic E-state index is 12.7. The number of nitrogens with zero attached hydrogens (tertiary/aromatic N) is 1. The number of carbonyl (C=O) groups excluding carboxylic acids is 1. The third-order valence-corrected chi connectivity index (χ3v) is 4.26. The van der Waals surface area contributed by atoms with Crippen LogP contribution in [0.1, 0.15) is 57.3 Å². The van der Waals surface area contributed by atoms with Crippen molar-refractivity contribution in [2.75, 3.05) is 6.54 Å². The van der Waals surface area contributed by atoms with Crippen molar-refractivity contribution in [1.29, 1.82) is 0 Å². The minimum Gasteiger partial charge on any atom is -0.322 e. The van der Waals surface area contributed by atoms with Crippen LogP contribution in [-0.2, 0) is 4.79 Å². The van der Waals surface area contributed by atoms with E-state index in [0.717, 1.165) is 25.8 Å². The van der Waals surface area contributed by atoms with E-state index >= 15 is 0 Å². The van der Waals surface area contributed by atoms with E-state index in [4.69, 9.17) is 0 Å². The zero-order chi connectivity index (χ0) is 15.4. The third-order valence-electron chi connectivity index (χ3n) is 4.26. The van der Waals surface area contributed by atoms with Gasteiger partial charge in [-0.25, -0.2) is 0 Å². The molecule has 1 amide bonds. The zero-order valence-electron chi connectivity index (χ0n) is 13.7. The van der Waals surface area contributed by atoms with E-state index < -0.39 is 0 Å². The molecule has 3 heteroatoms. The van der Waals surface area contributed by atoms with Crippen LogP contribution in [0, 0.1) is 12.8 Å². The van der Waals surface area contributed by atoms with Crippen LogP contribution in [0.15, 0.2) is 24.3 Å². The Bertz CT molecular complexity index is 484. The van der Waals surface area contributed by atoms with Crippen LogP contribution in [-0.4, -0.2) is 23.4 Å². The van der Waals surface area contributed by atoms with Crippen LogP contribution in [0.2, 0.25) is 0 Å². The van der Waals surface area contributed by atoms with Crippen LogP contribution >= 0.6 is 0 Å². The summed E-state index contributed by atoms with van der Waals surface area (Å²) < 4.78 is 0. The fraction of sp³-hybridized carbons (Fsp3) is 0.611. The summed E-state index contributed by atoms with van der Waals surface area (Å²) in [7, 11) is 0. The first kappa shape index (κ1) is 16.0. The van der Waals surface area contributed by atoms with E-state index in [-0.39, 0.29) is 18.1 Å². The molecule has 1 aliphatic heterocycles. The highest BCUT2D eigenvalue weighted by Gasteiger charge is 2.39. The smallest absolute Gasteiger partial charge is 0.241 e. The van der Waals surface area contributed by atoms with Gasteiger partial charge < -0.3 is 4.90 Å². The third kappa shape index (κ3) is 3.65. The van der Waals surface area contributed by atoms with Gasteiger partial charge >= 0.3 is 0 Å². The molecule has 1 heterocycles. The molecule has 2 unspecified atom stereocenters. The van der Waals surface area contributed by atoms with E-state index in [1.807, 2.05) is 4.90 Å². The maximum absolute atomic E-state index is 12.7. The standard InChI is InChI=1S/C18H28N2O/c1-5-8-16-18(21)20(12-11-13(2)3)17(19-16)15-10-7-6-9-14(15)4/h6-7,9-10,13,16-17,19H,5,8,11-12H2,1-4H3. The topological polar surface area (TPSA) is 32.3 Å². The van der Waals surface area contributed by atoms with Gasteiger partial charge in [-0.15, -0.1) is 0 Å². The maximum Gasteiger partial charge on any atom is 0.241 e. The normalized spacial score (nSPS) is 22.3. The molecule has 1 fully saturated rings.